The maximum Gasteiger partial charge on any atom is 0.253 e. The van der Waals surface area contributed by atoms with Gasteiger partial charge in [0.05, 0.1) is 5.70 Å². The number of nitrogens with zero attached hydrogens (tertiary/aromatic N) is 2. The lowest BCUT2D eigenvalue weighted by molar-refractivity contribution is -0.104. The van der Waals surface area contributed by atoms with E-state index in [-0.39, 0.29) is 5.91 Å². The number of aldehydes is 1. The van der Waals surface area contributed by atoms with Crippen LogP contribution in [0.3, 0.4) is 0 Å². The summed E-state index contributed by atoms with van der Waals surface area (Å²) in [5.74, 6) is -0.00594. The van der Waals surface area contributed by atoms with E-state index in [9.17, 15) is 9.59 Å². The van der Waals surface area contributed by atoms with Crippen molar-refractivity contribution in [3.05, 3.63) is 58.5 Å². The quantitative estimate of drug-likeness (QED) is 0.795. The van der Waals surface area contributed by atoms with Crippen molar-refractivity contribution in [2.45, 2.75) is 0 Å². The highest BCUT2D eigenvalue weighted by Gasteiger charge is 2.10. The summed E-state index contributed by atoms with van der Waals surface area (Å²) >= 11 is 0. The Morgan fingerprint density at radius 1 is 1.08 bits per heavy atom. The molecule has 1 aliphatic heterocycles. The molecular formula is C20H20N2O2. The monoisotopic (exact) mass is 320 g/mol. The minimum absolute atomic E-state index is 0.00594. The van der Waals surface area contributed by atoms with Crippen molar-refractivity contribution < 1.29 is 9.59 Å². The Labute approximate surface area is 141 Å². The fraction of sp³-hybridized carbons (Fsp3) is 0.200. The molecule has 24 heavy (non-hydrogen) atoms. The summed E-state index contributed by atoms with van der Waals surface area (Å²) in [5, 5.41) is 2.03. The Bertz CT molecular complexity index is 912. The Kier molecular flexibility index (Phi) is 4.21. The van der Waals surface area contributed by atoms with Crippen molar-refractivity contribution in [1.29, 1.82) is 0 Å². The second-order valence-electron chi connectivity index (χ2n) is 6.17. The molecule has 0 fully saturated rings. The average Bonchev–Trinajstić information content (AvgIpc) is 2.60. The molecule has 0 atom stereocenters. The summed E-state index contributed by atoms with van der Waals surface area (Å²) in [4.78, 5) is 26.8. The van der Waals surface area contributed by atoms with Crippen LogP contribution in [0.15, 0.2) is 42.5 Å². The lowest BCUT2D eigenvalue weighted by Crippen LogP contribution is -2.38. The van der Waals surface area contributed by atoms with Crippen LogP contribution in [0.2, 0.25) is 0 Å². The molecule has 0 saturated heterocycles. The third-order valence-electron chi connectivity index (χ3n) is 4.31. The lowest BCUT2D eigenvalue weighted by Gasteiger charge is -2.20. The number of carbonyl (C=O) groups is 2. The van der Waals surface area contributed by atoms with Crippen LogP contribution in [0, 0.1) is 0 Å². The molecular weight excluding hydrogens is 300 g/mol. The van der Waals surface area contributed by atoms with E-state index in [2.05, 4.69) is 12.1 Å². The van der Waals surface area contributed by atoms with Crippen LogP contribution >= 0.6 is 0 Å². The van der Waals surface area contributed by atoms with E-state index in [1.165, 1.54) is 0 Å². The zero-order valence-electron chi connectivity index (χ0n) is 14.1. The molecule has 1 heterocycles. The van der Waals surface area contributed by atoms with Crippen LogP contribution in [0.1, 0.15) is 10.4 Å². The van der Waals surface area contributed by atoms with Gasteiger partial charge in [-0.05, 0) is 34.5 Å². The van der Waals surface area contributed by atoms with Crippen LogP contribution in [-0.2, 0) is 4.79 Å². The topological polar surface area (TPSA) is 40.6 Å². The summed E-state index contributed by atoms with van der Waals surface area (Å²) in [5.41, 5.74) is 3.51. The van der Waals surface area contributed by atoms with E-state index in [0.717, 1.165) is 34.4 Å². The molecule has 2 aromatic carbocycles. The van der Waals surface area contributed by atoms with Crippen LogP contribution in [0.4, 0.5) is 0 Å². The van der Waals surface area contributed by atoms with E-state index >= 15 is 0 Å². The average molecular weight is 320 g/mol. The van der Waals surface area contributed by atoms with Gasteiger partial charge in [-0.15, -0.1) is 0 Å². The molecule has 0 aliphatic carbocycles. The highest BCUT2D eigenvalue weighted by atomic mass is 16.2. The summed E-state index contributed by atoms with van der Waals surface area (Å²) < 4.78 is 0. The molecule has 3 rings (SSSR count). The molecule has 0 radical (unpaired) electrons. The standard InChI is InChI=1S/C20H20N2O2/c1-21(2)20(24)15-6-4-14(5-7-15)16-8-9-18-17(12-16)10-11-22(3)19(18)13-23/h4-10,12-13H,11H2,1-3H3. The maximum atomic E-state index is 12.0. The van der Waals surface area contributed by atoms with Gasteiger partial charge in [0.2, 0.25) is 0 Å². The van der Waals surface area contributed by atoms with Gasteiger partial charge in [-0.2, -0.15) is 0 Å². The highest BCUT2D eigenvalue weighted by molar-refractivity contribution is 5.98. The fourth-order valence-corrected chi connectivity index (χ4v) is 2.90. The van der Waals surface area contributed by atoms with Crippen LogP contribution < -0.4 is 10.4 Å². The summed E-state index contributed by atoms with van der Waals surface area (Å²) in [7, 11) is 5.40. The second-order valence-corrected chi connectivity index (χ2v) is 6.17. The Morgan fingerprint density at radius 2 is 1.75 bits per heavy atom. The number of fused-ring (bicyclic) bond motifs is 1. The van der Waals surface area contributed by atoms with Crippen LogP contribution in [-0.4, -0.2) is 49.7 Å². The summed E-state index contributed by atoms with van der Waals surface area (Å²) in [6.45, 7) is 0.723. The number of rotatable bonds is 3. The van der Waals surface area contributed by atoms with Crippen molar-refractivity contribution >= 4 is 24.0 Å². The molecule has 2 aromatic rings. The Balaban J connectivity index is 2.02. The molecule has 0 bridgehead atoms. The van der Waals surface area contributed by atoms with Crippen molar-refractivity contribution in [3.8, 4) is 11.1 Å². The number of amides is 1. The molecule has 0 saturated carbocycles. The molecule has 0 spiro atoms. The SMILES string of the molecule is CN(C)C(=O)c1ccc(-c2ccc3c(c2)=CCN(C)C=3C=O)cc1. The predicted molar refractivity (Wildman–Crippen MR) is 95.7 cm³/mol. The van der Waals surface area contributed by atoms with Crippen molar-refractivity contribution in [2.75, 3.05) is 27.7 Å². The van der Waals surface area contributed by atoms with E-state index in [0.29, 0.717) is 11.3 Å². The highest BCUT2D eigenvalue weighted by Crippen LogP contribution is 2.18. The van der Waals surface area contributed by atoms with Crippen molar-refractivity contribution in [1.82, 2.24) is 9.80 Å². The largest absolute Gasteiger partial charge is 0.368 e. The van der Waals surface area contributed by atoms with E-state index in [1.54, 1.807) is 19.0 Å². The summed E-state index contributed by atoms with van der Waals surface area (Å²) in [6, 6.07) is 13.7. The number of carbonyl (C=O) groups excluding carboxylic acids is 2. The van der Waals surface area contributed by atoms with Gasteiger partial charge in [0.25, 0.3) is 5.91 Å². The maximum absolute atomic E-state index is 12.0. The van der Waals surface area contributed by atoms with E-state index < -0.39 is 0 Å². The van der Waals surface area contributed by atoms with Crippen LogP contribution in [0.25, 0.3) is 22.9 Å². The molecule has 122 valence electrons. The van der Waals surface area contributed by atoms with Gasteiger partial charge in [0.15, 0.2) is 6.29 Å². The number of likely N-dealkylation sites (N-methyl/N-ethyl adjacent to an activating group) is 1. The van der Waals surface area contributed by atoms with Crippen LogP contribution in [0.5, 0.6) is 0 Å². The van der Waals surface area contributed by atoms with Crippen molar-refractivity contribution in [2.24, 2.45) is 0 Å². The van der Waals surface area contributed by atoms with E-state index in [1.807, 2.05) is 48.3 Å². The number of hydrogen-bond donors (Lipinski definition) is 0. The molecule has 0 N–H and O–H groups in total. The fourth-order valence-electron chi connectivity index (χ4n) is 2.90. The first-order valence-corrected chi connectivity index (χ1v) is 7.84. The lowest BCUT2D eigenvalue weighted by atomic mass is 10.0. The first kappa shape index (κ1) is 16.0. The third kappa shape index (κ3) is 2.83. The third-order valence-corrected chi connectivity index (χ3v) is 4.31. The summed E-state index contributed by atoms with van der Waals surface area (Å²) in [6.07, 6.45) is 3.03. The molecule has 1 amide bonds. The zero-order valence-corrected chi connectivity index (χ0v) is 14.1. The molecule has 0 unspecified atom stereocenters. The first-order chi connectivity index (χ1) is 11.5. The number of hydrogen-bond acceptors (Lipinski definition) is 3. The first-order valence-electron chi connectivity index (χ1n) is 7.84. The number of benzene rings is 2. The molecule has 4 nitrogen and oxygen atoms in total. The Hall–Kier alpha value is -2.88. The molecule has 1 aliphatic rings. The van der Waals surface area contributed by atoms with Gasteiger partial charge in [-0.3, -0.25) is 9.59 Å². The van der Waals surface area contributed by atoms with Crippen molar-refractivity contribution in [3.63, 3.8) is 0 Å². The van der Waals surface area contributed by atoms with Gasteiger partial charge in [0.1, 0.15) is 0 Å². The predicted octanol–water partition coefficient (Wildman–Crippen LogP) is 1.09. The molecule has 4 heteroatoms. The van der Waals surface area contributed by atoms with Gasteiger partial charge < -0.3 is 9.80 Å². The van der Waals surface area contributed by atoms with Gasteiger partial charge >= 0.3 is 0 Å². The molecule has 0 aromatic heterocycles. The normalized spacial score (nSPS) is 13.1. The van der Waals surface area contributed by atoms with Gasteiger partial charge in [0, 0.05) is 38.5 Å². The van der Waals surface area contributed by atoms with Gasteiger partial charge in [-0.25, -0.2) is 0 Å². The van der Waals surface area contributed by atoms with E-state index in [4.69, 9.17) is 0 Å². The smallest absolute Gasteiger partial charge is 0.253 e. The Morgan fingerprint density at radius 3 is 2.38 bits per heavy atom. The van der Waals surface area contributed by atoms with Gasteiger partial charge in [-0.1, -0.05) is 30.3 Å². The minimum Gasteiger partial charge on any atom is -0.368 e. The second kappa shape index (κ2) is 6.32. The minimum atomic E-state index is -0.00594. The zero-order chi connectivity index (χ0) is 17.3.